The zero-order valence-corrected chi connectivity index (χ0v) is 22.2. The van der Waals surface area contributed by atoms with Crippen LogP contribution in [0, 0.1) is 0 Å². The average molecular weight is 520 g/mol. The van der Waals surface area contributed by atoms with E-state index in [4.69, 9.17) is 28.7 Å². The highest BCUT2D eigenvalue weighted by atomic mass is 16.5. The highest BCUT2D eigenvalue weighted by molar-refractivity contribution is 5.95. The first-order valence-corrected chi connectivity index (χ1v) is 12.4. The molecule has 3 aromatic carbocycles. The Balaban J connectivity index is 1.40. The molecule has 9 heteroatoms. The molecule has 0 unspecified atom stereocenters. The lowest BCUT2D eigenvalue weighted by atomic mass is 10.1. The molecule has 4 rings (SSSR count). The molecule has 200 valence electrons. The second kappa shape index (κ2) is 12.7. The van der Waals surface area contributed by atoms with Gasteiger partial charge in [-0.05, 0) is 42.8 Å². The molecule has 0 bridgehead atoms. The van der Waals surface area contributed by atoms with Crippen molar-refractivity contribution in [2.75, 3.05) is 41.6 Å². The van der Waals surface area contributed by atoms with E-state index in [0.29, 0.717) is 42.4 Å². The van der Waals surface area contributed by atoms with E-state index in [1.54, 1.807) is 19.2 Å². The molecule has 0 aliphatic heterocycles. The molecule has 1 amide bonds. The van der Waals surface area contributed by atoms with Gasteiger partial charge >= 0.3 is 0 Å². The van der Waals surface area contributed by atoms with Gasteiger partial charge in [0.2, 0.25) is 5.75 Å². The second-order valence-corrected chi connectivity index (χ2v) is 8.47. The number of hydrogen-bond donors (Lipinski definition) is 1. The predicted molar refractivity (Wildman–Crippen MR) is 145 cm³/mol. The van der Waals surface area contributed by atoms with Crippen molar-refractivity contribution in [1.29, 1.82) is 0 Å². The van der Waals surface area contributed by atoms with E-state index in [0.717, 1.165) is 41.3 Å². The van der Waals surface area contributed by atoms with Crippen molar-refractivity contribution in [2.24, 2.45) is 0 Å². The molecular weight excluding hydrogens is 486 g/mol. The maximum absolute atomic E-state index is 12.9. The predicted octanol–water partition coefficient (Wildman–Crippen LogP) is 4.51. The van der Waals surface area contributed by atoms with Gasteiger partial charge in [-0.25, -0.2) is 4.98 Å². The van der Waals surface area contributed by atoms with E-state index in [9.17, 15) is 4.79 Å². The van der Waals surface area contributed by atoms with Gasteiger partial charge in [0.25, 0.3) is 5.91 Å². The molecule has 1 aromatic heterocycles. The van der Waals surface area contributed by atoms with Crippen molar-refractivity contribution in [1.82, 2.24) is 14.9 Å². The molecule has 1 N–H and O–H groups in total. The number of benzene rings is 3. The average Bonchev–Trinajstić information content (AvgIpc) is 3.31. The maximum atomic E-state index is 12.9. The summed E-state index contributed by atoms with van der Waals surface area (Å²) in [5, 5.41) is 2.98. The van der Waals surface area contributed by atoms with Gasteiger partial charge in [0.15, 0.2) is 11.5 Å². The summed E-state index contributed by atoms with van der Waals surface area (Å²) < 4.78 is 29.4. The SMILES string of the molecule is COc1cccc(OCCCn2c(CCNC(=O)c3cc(OC)c(OC)c(OC)c3)nc3ccccc32)c1. The standard InChI is InChI=1S/C29H33N3O6/c1-34-21-9-7-10-22(19-21)38-16-8-15-32-24-12-6-5-11-23(24)31-27(32)13-14-30-29(33)20-17-25(35-2)28(37-4)26(18-20)36-3/h5-7,9-12,17-19H,8,13-16H2,1-4H3,(H,30,33). The Morgan fingerprint density at radius 1 is 0.868 bits per heavy atom. The van der Waals surface area contributed by atoms with Gasteiger partial charge in [0, 0.05) is 31.1 Å². The number of para-hydroxylation sites is 2. The number of amides is 1. The van der Waals surface area contributed by atoms with Crippen LogP contribution in [-0.2, 0) is 13.0 Å². The third kappa shape index (κ3) is 6.11. The Morgan fingerprint density at radius 3 is 2.32 bits per heavy atom. The number of rotatable bonds is 13. The van der Waals surface area contributed by atoms with Crippen LogP contribution < -0.4 is 29.0 Å². The lowest BCUT2D eigenvalue weighted by molar-refractivity contribution is 0.0953. The van der Waals surface area contributed by atoms with E-state index in [1.165, 1.54) is 21.3 Å². The number of carbonyl (C=O) groups is 1. The number of hydrogen-bond acceptors (Lipinski definition) is 7. The Hall–Kier alpha value is -4.40. The first-order chi connectivity index (χ1) is 18.6. The van der Waals surface area contributed by atoms with Gasteiger partial charge in [-0.2, -0.15) is 0 Å². The van der Waals surface area contributed by atoms with E-state index in [-0.39, 0.29) is 5.91 Å². The summed E-state index contributed by atoms with van der Waals surface area (Å²) in [6.07, 6.45) is 1.37. The molecule has 9 nitrogen and oxygen atoms in total. The monoisotopic (exact) mass is 519 g/mol. The Bertz CT molecular complexity index is 1360. The maximum Gasteiger partial charge on any atom is 0.251 e. The van der Waals surface area contributed by atoms with Crippen molar-refractivity contribution in [3.63, 3.8) is 0 Å². The summed E-state index contributed by atoms with van der Waals surface area (Å²) in [6, 6.07) is 18.9. The first-order valence-electron chi connectivity index (χ1n) is 12.4. The number of carbonyl (C=O) groups excluding carboxylic acids is 1. The van der Waals surface area contributed by atoms with Crippen LogP contribution in [0.1, 0.15) is 22.6 Å². The molecule has 0 aliphatic carbocycles. The summed E-state index contributed by atoms with van der Waals surface area (Å²) in [5.41, 5.74) is 2.40. The van der Waals surface area contributed by atoms with E-state index in [1.807, 2.05) is 42.5 Å². The van der Waals surface area contributed by atoms with Gasteiger partial charge in [-0.3, -0.25) is 4.79 Å². The van der Waals surface area contributed by atoms with Crippen molar-refractivity contribution >= 4 is 16.9 Å². The van der Waals surface area contributed by atoms with Crippen LogP contribution in [0.4, 0.5) is 0 Å². The quantitative estimate of drug-likeness (QED) is 0.260. The Morgan fingerprint density at radius 2 is 1.61 bits per heavy atom. The normalized spacial score (nSPS) is 10.7. The molecule has 0 saturated carbocycles. The van der Waals surface area contributed by atoms with E-state index >= 15 is 0 Å². The second-order valence-electron chi connectivity index (χ2n) is 8.47. The van der Waals surface area contributed by atoms with Crippen LogP contribution in [0.15, 0.2) is 60.7 Å². The lowest BCUT2D eigenvalue weighted by Gasteiger charge is -2.14. The minimum Gasteiger partial charge on any atom is -0.497 e. The molecule has 0 radical (unpaired) electrons. The number of methoxy groups -OCH3 is 4. The lowest BCUT2D eigenvalue weighted by Crippen LogP contribution is -2.26. The van der Waals surface area contributed by atoms with Gasteiger partial charge in [0.1, 0.15) is 17.3 Å². The summed E-state index contributed by atoms with van der Waals surface area (Å²) in [7, 11) is 6.20. The van der Waals surface area contributed by atoms with Crippen LogP contribution in [-0.4, -0.2) is 57.0 Å². The minimum atomic E-state index is -0.237. The van der Waals surface area contributed by atoms with Crippen LogP contribution in [0.2, 0.25) is 0 Å². The minimum absolute atomic E-state index is 0.237. The summed E-state index contributed by atoms with van der Waals surface area (Å²) >= 11 is 0. The van der Waals surface area contributed by atoms with Crippen molar-refractivity contribution in [3.8, 4) is 28.7 Å². The van der Waals surface area contributed by atoms with Crippen molar-refractivity contribution in [2.45, 2.75) is 19.4 Å². The fourth-order valence-electron chi connectivity index (χ4n) is 4.27. The molecule has 0 atom stereocenters. The molecule has 38 heavy (non-hydrogen) atoms. The number of fused-ring (bicyclic) bond motifs is 1. The molecular formula is C29H33N3O6. The van der Waals surface area contributed by atoms with Crippen molar-refractivity contribution in [3.05, 3.63) is 72.1 Å². The Kier molecular flexibility index (Phi) is 8.92. The smallest absolute Gasteiger partial charge is 0.251 e. The van der Waals surface area contributed by atoms with Crippen LogP contribution in [0.3, 0.4) is 0 Å². The summed E-state index contributed by atoms with van der Waals surface area (Å²) in [6.45, 7) is 1.71. The van der Waals surface area contributed by atoms with Gasteiger partial charge in [0.05, 0.1) is 46.1 Å². The van der Waals surface area contributed by atoms with Gasteiger partial charge in [-0.15, -0.1) is 0 Å². The van der Waals surface area contributed by atoms with E-state index < -0.39 is 0 Å². The third-order valence-corrected chi connectivity index (χ3v) is 6.13. The molecule has 0 aliphatic rings. The van der Waals surface area contributed by atoms with Crippen LogP contribution >= 0.6 is 0 Å². The number of imidazole rings is 1. The number of nitrogens with one attached hydrogen (secondary N) is 1. The summed E-state index contributed by atoms with van der Waals surface area (Å²) in [4.78, 5) is 17.7. The molecule has 0 spiro atoms. The van der Waals surface area contributed by atoms with Gasteiger partial charge in [-0.1, -0.05) is 18.2 Å². The molecule has 0 fully saturated rings. The fourth-order valence-corrected chi connectivity index (χ4v) is 4.27. The summed E-state index contributed by atoms with van der Waals surface area (Å²) in [5.74, 6) is 3.49. The highest BCUT2D eigenvalue weighted by Crippen LogP contribution is 2.38. The van der Waals surface area contributed by atoms with Crippen LogP contribution in [0.25, 0.3) is 11.0 Å². The van der Waals surface area contributed by atoms with Gasteiger partial charge < -0.3 is 33.6 Å². The zero-order valence-electron chi connectivity index (χ0n) is 22.2. The zero-order chi connectivity index (χ0) is 26.9. The van der Waals surface area contributed by atoms with Crippen molar-refractivity contribution < 1.29 is 28.5 Å². The molecule has 4 aromatic rings. The molecule has 1 heterocycles. The van der Waals surface area contributed by atoms with E-state index in [2.05, 4.69) is 16.0 Å². The third-order valence-electron chi connectivity index (χ3n) is 6.13. The first kappa shape index (κ1) is 26.7. The number of aromatic nitrogens is 2. The number of ether oxygens (including phenoxy) is 5. The molecule has 0 saturated heterocycles. The number of nitrogens with zero attached hydrogens (tertiary/aromatic N) is 2. The number of aryl methyl sites for hydroxylation is 1. The highest BCUT2D eigenvalue weighted by Gasteiger charge is 2.17. The van der Waals surface area contributed by atoms with Crippen LogP contribution in [0.5, 0.6) is 28.7 Å². The largest absolute Gasteiger partial charge is 0.497 e. The Labute approximate surface area is 222 Å². The topological polar surface area (TPSA) is 93.1 Å². The fraction of sp³-hybridized carbons (Fsp3) is 0.310.